The molecule has 9 nitrogen and oxygen atoms in total. The molecule has 0 radical (unpaired) electrons. The SMILES string of the molecule is CCn1cc(S(=O)(=O)N2CCN(C(=O)c3c(Br)cnn3CC)CC2)c(C)n1. The number of carbonyl (C=O) groups excluding carboxylic acids is 1. The number of aromatic nitrogens is 4. The van der Waals surface area contributed by atoms with Gasteiger partial charge in [-0.25, -0.2) is 8.42 Å². The molecule has 0 aromatic carbocycles. The van der Waals surface area contributed by atoms with Gasteiger partial charge in [-0.3, -0.25) is 14.2 Å². The van der Waals surface area contributed by atoms with Gasteiger partial charge in [0, 0.05) is 45.5 Å². The first-order valence-corrected chi connectivity index (χ1v) is 11.1. The summed E-state index contributed by atoms with van der Waals surface area (Å²) in [5.41, 5.74) is 0.986. The van der Waals surface area contributed by atoms with E-state index in [0.29, 0.717) is 42.0 Å². The van der Waals surface area contributed by atoms with E-state index in [0.717, 1.165) is 0 Å². The Morgan fingerprint density at radius 3 is 2.41 bits per heavy atom. The van der Waals surface area contributed by atoms with Crippen molar-refractivity contribution in [3.8, 4) is 0 Å². The second-order valence-corrected chi connectivity index (χ2v) is 9.05. The fourth-order valence-electron chi connectivity index (χ4n) is 3.15. The van der Waals surface area contributed by atoms with Gasteiger partial charge in [-0.1, -0.05) is 0 Å². The van der Waals surface area contributed by atoms with Gasteiger partial charge < -0.3 is 4.90 Å². The molecular formula is C16H23BrN6O3S. The van der Waals surface area contributed by atoms with Crippen LogP contribution in [0.25, 0.3) is 0 Å². The fraction of sp³-hybridized carbons (Fsp3) is 0.562. The molecule has 1 amide bonds. The van der Waals surface area contributed by atoms with Crippen molar-refractivity contribution in [1.82, 2.24) is 28.8 Å². The van der Waals surface area contributed by atoms with Crippen molar-refractivity contribution in [2.24, 2.45) is 0 Å². The van der Waals surface area contributed by atoms with Gasteiger partial charge in [0.25, 0.3) is 5.91 Å². The number of nitrogens with zero attached hydrogens (tertiary/aromatic N) is 6. The van der Waals surface area contributed by atoms with Crippen molar-refractivity contribution >= 4 is 31.9 Å². The Morgan fingerprint density at radius 1 is 1.19 bits per heavy atom. The minimum absolute atomic E-state index is 0.145. The molecule has 0 spiro atoms. The maximum atomic E-state index is 12.9. The molecular weight excluding hydrogens is 436 g/mol. The molecule has 148 valence electrons. The molecule has 1 fully saturated rings. The van der Waals surface area contributed by atoms with Gasteiger partial charge in [-0.05, 0) is 36.7 Å². The first-order chi connectivity index (χ1) is 12.8. The third-order valence-electron chi connectivity index (χ3n) is 4.67. The maximum absolute atomic E-state index is 12.9. The van der Waals surface area contributed by atoms with Crippen LogP contribution in [0.2, 0.25) is 0 Å². The van der Waals surface area contributed by atoms with Crippen LogP contribution in [-0.2, 0) is 23.1 Å². The molecule has 1 aliphatic rings. The Kier molecular flexibility index (Phi) is 5.73. The Labute approximate surface area is 167 Å². The van der Waals surface area contributed by atoms with E-state index in [1.165, 1.54) is 4.31 Å². The minimum atomic E-state index is -3.62. The van der Waals surface area contributed by atoms with Crippen molar-refractivity contribution in [3.05, 3.63) is 28.3 Å². The number of hydrogen-bond acceptors (Lipinski definition) is 5. The van der Waals surface area contributed by atoms with Gasteiger partial charge in [0.2, 0.25) is 10.0 Å². The summed E-state index contributed by atoms with van der Waals surface area (Å²) in [6.07, 6.45) is 3.17. The summed E-state index contributed by atoms with van der Waals surface area (Å²) in [5, 5.41) is 8.40. The maximum Gasteiger partial charge on any atom is 0.273 e. The largest absolute Gasteiger partial charge is 0.335 e. The zero-order chi connectivity index (χ0) is 19.8. The molecule has 1 saturated heterocycles. The van der Waals surface area contributed by atoms with Crippen LogP contribution in [0, 0.1) is 6.92 Å². The first-order valence-electron chi connectivity index (χ1n) is 8.84. The lowest BCUT2D eigenvalue weighted by Crippen LogP contribution is -2.50. The van der Waals surface area contributed by atoms with Crippen molar-refractivity contribution in [3.63, 3.8) is 0 Å². The van der Waals surface area contributed by atoms with E-state index in [1.54, 1.807) is 33.6 Å². The topological polar surface area (TPSA) is 93.3 Å². The Hall–Kier alpha value is -1.72. The molecule has 0 bridgehead atoms. The lowest BCUT2D eigenvalue weighted by atomic mass is 10.3. The van der Waals surface area contributed by atoms with Crippen LogP contribution in [0.5, 0.6) is 0 Å². The van der Waals surface area contributed by atoms with E-state index in [4.69, 9.17) is 0 Å². The second-order valence-electron chi connectivity index (χ2n) is 6.29. The quantitative estimate of drug-likeness (QED) is 0.673. The Morgan fingerprint density at radius 2 is 1.85 bits per heavy atom. The monoisotopic (exact) mass is 458 g/mol. The van der Waals surface area contributed by atoms with Crippen molar-refractivity contribution in [2.45, 2.75) is 38.8 Å². The Balaban J connectivity index is 1.74. The van der Waals surface area contributed by atoms with Crippen molar-refractivity contribution in [2.75, 3.05) is 26.2 Å². The normalized spacial score (nSPS) is 16.1. The number of amides is 1. The van der Waals surface area contributed by atoms with E-state index in [2.05, 4.69) is 26.1 Å². The van der Waals surface area contributed by atoms with Crippen LogP contribution in [0.4, 0.5) is 0 Å². The molecule has 0 N–H and O–H groups in total. The molecule has 2 aromatic heterocycles. The molecule has 0 aliphatic carbocycles. The first kappa shape index (κ1) is 20.0. The molecule has 27 heavy (non-hydrogen) atoms. The number of piperazine rings is 1. The summed E-state index contributed by atoms with van der Waals surface area (Å²) in [7, 11) is -3.62. The predicted molar refractivity (Wildman–Crippen MR) is 103 cm³/mol. The highest BCUT2D eigenvalue weighted by Crippen LogP contribution is 2.23. The lowest BCUT2D eigenvalue weighted by Gasteiger charge is -2.34. The summed E-state index contributed by atoms with van der Waals surface area (Å²) < 4.78 is 31.2. The number of hydrogen-bond donors (Lipinski definition) is 0. The number of rotatable bonds is 5. The summed E-state index contributed by atoms with van der Waals surface area (Å²) >= 11 is 3.37. The molecule has 1 aliphatic heterocycles. The smallest absolute Gasteiger partial charge is 0.273 e. The molecule has 0 saturated carbocycles. The molecule has 3 heterocycles. The van der Waals surface area contributed by atoms with Crippen LogP contribution in [0.3, 0.4) is 0 Å². The highest BCUT2D eigenvalue weighted by atomic mass is 79.9. The number of carbonyl (C=O) groups is 1. The minimum Gasteiger partial charge on any atom is -0.335 e. The fourth-order valence-corrected chi connectivity index (χ4v) is 5.21. The summed E-state index contributed by atoms with van der Waals surface area (Å²) in [6.45, 7) is 7.89. The van der Waals surface area contributed by atoms with Crippen LogP contribution in [-0.4, -0.2) is 69.3 Å². The standard InChI is InChI=1S/C16H23BrN6O3S/c1-4-21-11-14(12(3)19-21)27(25,26)22-8-6-20(7-9-22)16(24)15-13(17)10-18-23(15)5-2/h10-11H,4-9H2,1-3H3. The molecule has 0 atom stereocenters. The molecule has 3 rings (SSSR count). The van der Waals surface area contributed by atoms with Crippen LogP contribution in [0.15, 0.2) is 21.8 Å². The van der Waals surface area contributed by atoms with Gasteiger partial charge in [0.15, 0.2) is 0 Å². The average Bonchev–Trinajstić information content (AvgIpc) is 3.23. The number of sulfonamides is 1. The number of halogens is 1. The summed E-state index contributed by atoms with van der Waals surface area (Å²) in [6, 6.07) is 0. The zero-order valence-electron chi connectivity index (χ0n) is 15.6. The van der Waals surface area contributed by atoms with E-state index in [9.17, 15) is 13.2 Å². The summed E-state index contributed by atoms with van der Waals surface area (Å²) in [4.78, 5) is 14.7. The van der Waals surface area contributed by atoms with E-state index < -0.39 is 10.0 Å². The highest BCUT2D eigenvalue weighted by Gasteiger charge is 2.33. The van der Waals surface area contributed by atoms with E-state index >= 15 is 0 Å². The number of aryl methyl sites for hydroxylation is 3. The molecule has 2 aromatic rings. The van der Waals surface area contributed by atoms with Gasteiger partial charge in [0.05, 0.1) is 16.4 Å². The average molecular weight is 459 g/mol. The van der Waals surface area contributed by atoms with Crippen LogP contribution < -0.4 is 0 Å². The van der Waals surface area contributed by atoms with Gasteiger partial charge >= 0.3 is 0 Å². The van der Waals surface area contributed by atoms with Crippen molar-refractivity contribution < 1.29 is 13.2 Å². The predicted octanol–water partition coefficient (Wildman–Crippen LogP) is 1.34. The van der Waals surface area contributed by atoms with Crippen LogP contribution in [0.1, 0.15) is 30.0 Å². The molecule has 0 unspecified atom stereocenters. The van der Waals surface area contributed by atoms with E-state index in [1.807, 2.05) is 13.8 Å². The zero-order valence-corrected chi connectivity index (χ0v) is 18.0. The second kappa shape index (κ2) is 7.72. The van der Waals surface area contributed by atoms with E-state index in [-0.39, 0.29) is 23.9 Å². The third-order valence-corrected chi connectivity index (χ3v) is 7.25. The van der Waals surface area contributed by atoms with Gasteiger partial charge in [0.1, 0.15) is 10.6 Å². The van der Waals surface area contributed by atoms with Crippen molar-refractivity contribution in [1.29, 1.82) is 0 Å². The van der Waals surface area contributed by atoms with Gasteiger partial charge in [-0.2, -0.15) is 14.5 Å². The van der Waals surface area contributed by atoms with Gasteiger partial charge in [-0.15, -0.1) is 0 Å². The lowest BCUT2D eigenvalue weighted by molar-refractivity contribution is 0.0684. The third kappa shape index (κ3) is 3.67. The highest BCUT2D eigenvalue weighted by molar-refractivity contribution is 9.10. The Bertz CT molecular complexity index is 944. The molecule has 11 heteroatoms. The van der Waals surface area contributed by atoms with Crippen LogP contribution >= 0.6 is 15.9 Å². The summed E-state index contributed by atoms with van der Waals surface area (Å²) in [5.74, 6) is -0.145.